The topological polar surface area (TPSA) is 20.3 Å². The zero-order chi connectivity index (χ0) is 23.1. The van der Waals surface area contributed by atoms with Gasteiger partial charge < -0.3 is 0 Å². The zero-order valence-electron chi connectivity index (χ0n) is 17.4. The number of rotatable bonds is 6. The van der Waals surface area contributed by atoms with Crippen molar-refractivity contribution >= 4 is 35.0 Å². The molecule has 29 heavy (non-hydrogen) atoms. The smallest absolute Gasteiger partial charge is 0.279 e. The van der Waals surface area contributed by atoms with E-state index in [1.54, 1.807) is 0 Å². The first-order valence-corrected chi connectivity index (χ1v) is 10.1. The number of thioether (sulfide) groups is 1. The molecule has 1 aromatic rings. The van der Waals surface area contributed by atoms with E-state index >= 15 is 0 Å². The van der Waals surface area contributed by atoms with Crippen LogP contribution in [0.25, 0.3) is 0 Å². The number of allylic oxidation sites excluding steroid dienone is 2. The van der Waals surface area contributed by atoms with Crippen LogP contribution in [0.5, 0.6) is 0 Å². The lowest BCUT2D eigenvalue weighted by Crippen LogP contribution is -2.28. The molecule has 0 saturated heterocycles. The molecule has 2 nitrogen and oxygen atoms in total. The summed E-state index contributed by atoms with van der Waals surface area (Å²) >= 11 is 7.38. The van der Waals surface area contributed by atoms with E-state index in [0.717, 1.165) is 30.4 Å². The molecule has 0 aromatic heterocycles. The third-order valence-electron chi connectivity index (χ3n) is 3.67. The predicted molar refractivity (Wildman–Crippen MR) is 115 cm³/mol. The molecule has 0 saturated carbocycles. The Morgan fingerprint density at radius 3 is 2.14 bits per heavy atom. The Morgan fingerprint density at radius 1 is 1.21 bits per heavy atom. The molecule has 0 spiro atoms. The number of amides is 1. The molecule has 0 fully saturated rings. The van der Waals surface area contributed by atoms with E-state index in [9.17, 15) is 22.4 Å². The Balaban J connectivity index is 0.00000379. The minimum Gasteiger partial charge on any atom is -0.279 e. The van der Waals surface area contributed by atoms with Crippen LogP contribution in [0.3, 0.4) is 0 Å². The number of hydrogen-bond acceptors (Lipinski definition) is 2. The van der Waals surface area contributed by atoms with E-state index in [1.807, 2.05) is 27.7 Å². The van der Waals surface area contributed by atoms with Crippen molar-refractivity contribution in [3.63, 3.8) is 0 Å². The number of carbonyl (C=O) groups excluding carboxylic acids is 1. The highest BCUT2D eigenvalue weighted by Gasteiger charge is 2.31. The van der Waals surface area contributed by atoms with E-state index in [0.29, 0.717) is 11.0 Å². The molecule has 0 heterocycles. The van der Waals surface area contributed by atoms with Crippen molar-refractivity contribution in [2.24, 2.45) is 0 Å². The van der Waals surface area contributed by atoms with Crippen molar-refractivity contribution in [2.75, 3.05) is 4.90 Å². The molecule has 162 valence electrons. The quantitative estimate of drug-likeness (QED) is 0.189. The zero-order valence-corrected chi connectivity index (χ0v) is 18.9. The van der Waals surface area contributed by atoms with Gasteiger partial charge in [0.2, 0.25) is 5.91 Å². The van der Waals surface area contributed by atoms with Crippen molar-refractivity contribution in [3.05, 3.63) is 59.0 Å². The third kappa shape index (κ3) is 7.90. The number of nitrogens with zero attached hydrogens (tertiary/aromatic N) is 1. The van der Waals surface area contributed by atoms with E-state index < -0.39 is 23.5 Å². The monoisotopic (exact) mass is 451 g/mol. The second-order valence-corrected chi connectivity index (χ2v) is 7.80. The lowest BCUT2D eigenvalue weighted by Gasteiger charge is -2.24. The van der Waals surface area contributed by atoms with Crippen molar-refractivity contribution in [1.29, 1.82) is 0 Å². The number of hydrogen-bond donors (Lipinski definition) is 0. The maximum Gasteiger partial charge on any atom is 0.412 e. The highest BCUT2D eigenvalue weighted by Crippen LogP contribution is 2.38. The molecule has 1 amide bonds. The SMILES string of the molecule is C=C(C)C(C)Sc1cc(N(C(=C)/C=C(\C)C(F)(F)F)C(C)=O)c(F)cc1Cl.CC. The van der Waals surface area contributed by atoms with Crippen LogP contribution >= 0.6 is 23.4 Å². The molecule has 1 aromatic carbocycles. The first kappa shape index (κ1) is 27.3. The van der Waals surface area contributed by atoms with Gasteiger partial charge in [0, 0.05) is 28.3 Å². The van der Waals surface area contributed by atoms with Crippen LogP contribution < -0.4 is 4.90 Å². The highest BCUT2D eigenvalue weighted by atomic mass is 35.5. The lowest BCUT2D eigenvalue weighted by atomic mass is 10.2. The van der Waals surface area contributed by atoms with Gasteiger partial charge in [0.25, 0.3) is 0 Å². The lowest BCUT2D eigenvalue weighted by molar-refractivity contribution is -0.116. The molecule has 0 aliphatic carbocycles. The summed E-state index contributed by atoms with van der Waals surface area (Å²) in [5.41, 5.74) is -0.626. The van der Waals surface area contributed by atoms with E-state index in [4.69, 9.17) is 11.6 Å². The molecule has 8 heteroatoms. The fourth-order valence-electron chi connectivity index (χ4n) is 1.99. The summed E-state index contributed by atoms with van der Waals surface area (Å²) in [5, 5.41) is 0.0904. The van der Waals surface area contributed by atoms with Crippen LogP contribution in [0.2, 0.25) is 5.02 Å². The van der Waals surface area contributed by atoms with Gasteiger partial charge in [0.1, 0.15) is 5.82 Å². The van der Waals surface area contributed by atoms with Gasteiger partial charge in [-0.1, -0.05) is 44.2 Å². The summed E-state index contributed by atoms with van der Waals surface area (Å²) in [7, 11) is 0. The van der Waals surface area contributed by atoms with Crippen LogP contribution in [0.1, 0.15) is 41.5 Å². The summed E-state index contributed by atoms with van der Waals surface area (Å²) in [6, 6.07) is 2.35. The fourth-order valence-corrected chi connectivity index (χ4v) is 3.21. The Labute approximate surface area is 179 Å². The fraction of sp³-hybridized carbons (Fsp3) is 0.381. The van der Waals surface area contributed by atoms with Crippen molar-refractivity contribution in [3.8, 4) is 0 Å². The summed E-state index contributed by atoms with van der Waals surface area (Å²) in [6.07, 6.45) is -3.89. The molecule has 0 aliphatic heterocycles. The number of alkyl halides is 3. The summed E-state index contributed by atoms with van der Waals surface area (Å²) in [4.78, 5) is 13.3. The van der Waals surface area contributed by atoms with Crippen LogP contribution in [0.15, 0.2) is 53.1 Å². The summed E-state index contributed by atoms with van der Waals surface area (Å²) in [5.74, 6) is -1.53. The normalized spacial score (nSPS) is 12.6. The molecule has 0 N–H and O–H groups in total. The Morgan fingerprint density at radius 2 is 1.72 bits per heavy atom. The van der Waals surface area contributed by atoms with Crippen LogP contribution in [-0.2, 0) is 4.79 Å². The molecule has 0 bridgehead atoms. The maximum atomic E-state index is 14.5. The molecule has 1 rings (SSSR count). The van der Waals surface area contributed by atoms with Crippen LogP contribution in [-0.4, -0.2) is 17.3 Å². The summed E-state index contributed by atoms with van der Waals surface area (Å²) in [6.45, 7) is 17.0. The van der Waals surface area contributed by atoms with Gasteiger partial charge in [-0.15, -0.1) is 11.8 Å². The second-order valence-electron chi connectivity index (χ2n) is 6.01. The third-order valence-corrected chi connectivity index (χ3v) is 5.44. The molecular formula is C21H26ClF4NOS. The molecule has 0 aliphatic rings. The Bertz CT molecular complexity index is 803. The van der Waals surface area contributed by atoms with Gasteiger partial charge in [-0.25, -0.2) is 4.39 Å². The average molecular weight is 452 g/mol. The highest BCUT2D eigenvalue weighted by molar-refractivity contribution is 8.00. The van der Waals surface area contributed by atoms with E-state index in [2.05, 4.69) is 13.2 Å². The average Bonchev–Trinajstić information content (AvgIpc) is 2.59. The minimum atomic E-state index is -4.58. The second kappa shape index (κ2) is 11.5. The summed E-state index contributed by atoms with van der Waals surface area (Å²) < 4.78 is 52.8. The van der Waals surface area contributed by atoms with Crippen molar-refractivity contribution in [1.82, 2.24) is 0 Å². The molecule has 1 atom stereocenters. The van der Waals surface area contributed by atoms with Gasteiger partial charge in [-0.05, 0) is 39.0 Å². The predicted octanol–water partition coefficient (Wildman–Crippen LogP) is 7.94. The molecule has 1 unspecified atom stereocenters. The maximum absolute atomic E-state index is 14.5. The van der Waals surface area contributed by atoms with Crippen molar-refractivity contribution < 1.29 is 22.4 Å². The van der Waals surface area contributed by atoms with Crippen LogP contribution in [0.4, 0.5) is 23.2 Å². The largest absolute Gasteiger partial charge is 0.412 e. The van der Waals surface area contributed by atoms with Crippen LogP contribution in [0, 0.1) is 5.82 Å². The molecular weight excluding hydrogens is 426 g/mol. The van der Waals surface area contributed by atoms with Gasteiger partial charge in [0.05, 0.1) is 10.7 Å². The Kier molecular flexibility index (Phi) is 10.8. The minimum absolute atomic E-state index is 0.0397. The number of anilines is 1. The van der Waals surface area contributed by atoms with E-state index in [-0.39, 0.29) is 21.7 Å². The number of carbonyl (C=O) groups is 1. The standard InChI is InChI=1S/C19H20ClF4NOS.C2H6/c1-10(2)13(5)27-18-9-17(16(21)8-15(18)20)25(14(6)26)12(4)7-11(3)19(22,23)24;1-2/h7-9,13H,1,4H2,2-3,5-6H3;1-2H3/b11-7+;. The van der Waals surface area contributed by atoms with Gasteiger partial charge >= 0.3 is 6.18 Å². The van der Waals surface area contributed by atoms with Gasteiger partial charge in [0.15, 0.2) is 0 Å². The number of benzene rings is 1. The van der Waals surface area contributed by atoms with E-state index in [1.165, 1.54) is 17.8 Å². The van der Waals surface area contributed by atoms with Gasteiger partial charge in [-0.2, -0.15) is 13.2 Å². The molecule has 0 radical (unpaired) electrons. The Hall–Kier alpha value is -1.73. The first-order valence-electron chi connectivity index (χ1n) is 8.81. The number of halogens is 5. The first-order chi connectivity index (χ1) is 13.3. The van der Waals surface area contributed by atoms with Crippen molar-refractivity contribution in [2.45, 2.75) is 57.9 Å². The van der Waals surface area contributed by atoms with Gasteiger partial charge in [-0.3, -0.25) is 9.69 Å².